The molecule has 1 amide bonds. The predicted molar refractivity (Wildman–Crippen MR) is 143 cm³/mol. The first kappa shape index (κ1) is 26.1. The number of halogens is 1. The van der Waals surface area contributed by atoms with Crippen molar-refractivity contribution in [1.29, 1.82) is 0 Å². The molecule has 1 aliphatic heterocycles. The van der Waals surface area contributed by atoms with Crippen molar-refractivity contribution in [3.05, 3.63) is 87.9 Å². The number of carbonyl (C=O) groups excluding carboxylic acids is 2. The number of phenolic OH excluding ortho intramolecular Hbond substituents is 1. The molecule has 192 valence electrons. The first-order chi connectivity index (χ1) is 17.5. The highest BCUT2D eigenvalue weighted by atomic mass is 35.5. The van der Waals surface area contributed by atoms with Crippen LogP contribution in [0, 0.1) is 0 Å². The van der Waals surface area contributed by atoms with Gasteiger partial charge in [0.25, 0.3) is 11.7 Å². The van der Waals surface area contributed by atoms with Crippen molar-refractivity contribution in [3.63, 3.8) is 0 Å². The van der Waals surface area contributed by atoms with E-state index in [1.807, 2.05) is 26.8 Å². The predicted octanol–water partition coefficient (Wildman–Crippen LogP) is 5.99. The van der Waals surface area contributed by atoms with E-state index in [1.54, 1.807) is 36.4 Å². The number of hydrogen-bond donors (Lipinski definition) is 2. The molecule has 37 heavy (non-hydrogen) atoms. The van der Waals surface area contributed by atoms with E-state index in [0.29, 0.717) is 22.7 Å². The van der Waals surface area contributed by atoms with Gasteiger partial charge in [0.1, 0.15) is 23.0 Å². The summed E-state index contributed by atoms with van der Waals surface area (Å²) >= 11 is 6.34. The van der Waals surface area contributed by atoms with E-state index < -0.39 is 17.7 Å². The Labute approximate surface area is 220 Å². The van der Waals surface area contributed by atoms with Gasteiger partial charge in [-0.1, -0.05) is 50.6 Å². The molecule has 0 bridgehead atoms. The van der Waals surface area contributed by atoms with E-state index in [1.165, 1.54) is 37.3 Å². The number of aromatic hydroxyl groups is 1. The Morgan fingerprint density at radius 2 is 1.62 bits per heavy atom. The number of methoxy groups -OCH3 is 2. The Morgan fingerprint density at radius 3 is 2.22 bits per heavy atom. The van der Waals surface area contributed by atoms with Crippen LogP contribution in [-0.2, 0) is 15.0 Å². The third-order valence-electron chi connectivity index (χ3n) is 6.36. The molecule has 0 spiro atoms. The fourth-order valence-corrected chi connectivity index (χ4v) is 4.67. The number of Topliss-reactive ketones (excluding diaryl/α,β-unsaturated/α-hetero) is 1. The third-order valence-corrected chi connectivity index (χ3v) is 6.66. The zero-order chi connectivity index (χ0) is 27.1. The Morgan fingerprint density at radius 1 is 0.946 bits per heavy atom. The normalized spacial score (nSPS) is 17.2. The number of ether oxygens (including phenoxy) is 2. The van der Waals surface area contributed by atoms with Crippen LogP contribution in [0.5, 0.6) is 17.2 Å². The molecule has 2 N–H and O–H groups in total. The number of phenols is 1. The van der Waals surface area contributed by atoms with Gasteiger partial charge >= 0.3 is 0 Å². The SMILES string of the molecule is COc1ccc(N2C(=O)C(=O)/C(=C(/O)c3cc(C(C)(C)C)ccc3OC)C2c2cccc(O)c2)cc1Cl. The lowest BCUT2D eigenvalue weighted by atomic mass is 9.85. The zero-order valence-electron chi connectivity index (χ0n) is 21.2. The summed E-state index contributed by atoms with van der Waals surface area (Å²) in [7, 11) is 2.94. The van der Waals surface area contributed by atoms with Crippen LogP contribution in [0.25, 0.3) is 5.76 Å². The van der Waals surface area contributed by atoms with Gasteiger partial charge in [0.05, 0.1) is 36.4 Å². The molecule has 3 aromatic rings. The minimum Gasteiger partial charge on any atom is -0.508 e. The number of ketones is 1. The lowest BCUT2D eigenvalue weighted by molar-refractivity contribution is -0.132. The molecule has 0 saturated carbocycles. The van der Waals surface area contributed by atoms with Crippen LogP contribution in [0.1, 0.15) is 43.5 Å². The maximum absolute atomic E-state index is 13.5. The topological polar surface area (TPSA) is 96.3 Å². The second-order valence-electron chi connectivity index (χ2n) is 9.75. The fourth-order valence-electron chi connectivity index (χ4n) is 4.42. The van der Waals surface area contributed by atoms with Crippen LogP contribution < -0.4 is 14.4 Å². The second-order valence-corrected chi connectivity index (χ2v) is 10.2. The van der Waals surface area contributed by atoms with Crippen LogP contribution >= 0.6 is 11.6 Å². The average molecular weight is 522 g/mol. The van der Waals surface area contributed by atoms with Crippen molar-refractivity contribution < 1.29 is 29.3 Å². The monoisotopic (exact) mass is 521 g/mol. The van der Waals surface area contributed by atoms with Crippen molar-refractivity contribution in [2.75, 3.05) is 19.1 Å². The highest BCUT2D eigenvalue weighted by molar-refractivity contribution is 6.52. The maximum Gasteiger partial charge on any atom is 0.300 e. The van der Waals surface area contributed by atoms with Gasteiger partial charge < -0.3 is 19.7 Å². The van der Waals surface area contributed by atoms with Gasteiger partial charge in [-0.15, -0.1) is 0 Å². The molecular weight excluding hydrogens is 494 g/mol. The molecule has 1 atom stereocenters. The number of aliphatic hydroxyl groups is 1. The first-order valence-electron chi connectivity index (χ1n) is 11.6. The smallest absolute Gasteiger partial charge is 0.300 e. The maximum atomic E-state index is 13.5. The lowest BCUT2D eigenvalue weighted by Gasteiger charge is -2.26. The van der Waals surface area contributed by atoms with Crippen LogP contribution in [0.4, 0.5) is 5.69 Å². The van der Waals surface area contributed by atoms with Crippen molar-refractivity contribution in [2.24, 2.45) is 0 Å². The molecule has 8 heteroatoms. The summed E-state index contributed by atoms with van der Waals surface area (Å²) in [5.41, 5.74) is 1.56. The highest BCUT2D eigenvalue weighted by Crippen LogP contribution is 2.45. The Kier molecular flexibility index (Phi) is 6.93. The molecule has 1 heterocycles. The lowest BCUT2D eigenvalue weighted by Crippen LogP contribution is -2.29. The molecule has 7 nitrogen and oxygen atoms in total. The molecule has 0 radical (unpaired) electrons. The van der Waals surface area contributed by atoms with E-state index in [2.05, 4.69) is 0 Å². The standard InChI is InChI=1S/C29H28ClNO6/c1-29(2,3)17-9-11-22(36-4)20(14-17)26(33)24-25(16-7-6-8-19(32)13-16)31(28(35)27(24)34)18-10-12-23(37-5)21(30)15-18/h6-15,25,32-33H,1-5H3/b26-24+. The van der Waals surface area contributed by atoms with Gasteiger partial charge in [-0.3, -0.25) is 14.5 Å². The summed E-state index contributed by atoms with van der Waals surface area (Å²) in [6.07, 6.45) is 0. The Balaban J connectivity index is 2.00. The second kappa shape index (κ2) is 9.82. The minimum atomic E-state index is -1.04. The molecule has 0 aromatic heterocycles. The summed E-state index contributed by atoms with van der Waals surface area (Å²) in [5.74, 6) is -1.40. The van der Waals surface area contributed by atoms with Gasteiger partial charge in [0.2, 0.25) is 0 Å². The van der Waals surface area contributed by atoms with Crippen LogP contribution in [0.3, 0.4) is 0 Å². The average Bonchev–Trinajstić information content (AvgIpc) is 3.12. The van der Waals surface area contributed by atoms with E-state index in [4.69, 9.17) is 21.1 Å². The third kappa shape index (κ3) is 4.74. The summed E-state index contributed by atoms with van der Waals surface area (Å²) in [4.78, 5) is 28.2. The van der Waals surface area contributed by atoms with Gasteiger partial charge in [0, 0.05) is 5.69 Å². The summed E-state index contributed by atoms with van der Waals surface area (Å²) < 4.78 is 10.7. The van der Waals surface area contributed by atoms with Crippen LogP contribution in [0.2, 0.25) is 5.02 Å². The molecule has 0 aliphatic carbocycles. The molecule has 3 aromatic carbocycles. The van der Waals surface area contributed by atoms with Crippen molar-refractivity contribution in [1.82, 2.24) is 0 Å². The highest BCUT2D eigenvalue weighted by Gasteiger charge is 2.47. The number of rotatable bonds is 5. The van der Waals surface area contributed by atoms with Gasteiger partial charge in [0.15, 0.2) is 0 Å². The van der Waals surface area contributed by atoms with Crippen molar-refractivity contribution >= 4 is 34.7 Å². The number of benzene rings is 3. The summed E-state index contributed by atoms with van der Waals surface area (Å²) in [5, 5.41) is 22.1. The number of carbonyl (C=O) groups is 2. The van der Waals surface area contributed by atoms with Gasteiger partial charge in [-0.2, -0.15) is 0 Å². The van der Waals surface area contributed by atoms with Crippen molar-refractivity contribution in [3.8, 4) is 17.2 Å². The van der Waals surface area contributed by atoms with E-state index in [0.717, 1.165) is 5.56 Å². The number of anilines is 1. The Hall–Kier alpha value is -3.97. The molecule has 1 saturated heterocycles. The number of amides is 1. The number of nitrogens with zero attached hydrogens (tertiary/aromatic N) is 1. The van der Waals surface area contributed by atoms with Crippen LogP contribution in [-0.4, -0.2) is 36.1 Å². The summed E-state index contributed by atoms with van der Waals surface area (Å²) in [6, 6.07) is 15.2. The zero-order valence-corrected chi connectivity index (χ0v) is 22.0. The summed E-state index contributed by atoms with van der Waals surface area (Å²) in [6.45, 7) is 6.08. The van der Waals surface area contributed by atoms with Crippen molar-refractivity contribution in [2.45, 2.75) is 32.2 Å². The van der Waals surface area contributed by atoms with Gasteiger partial charge in [-0.05, 0) is 59.0 Å². The van der Waals surface area contributed by atoms with Crippen LogP contribution in [0.15, 0.2) is 66.2 Å². The molecular formula is C29H28ClNO6. The molecule has 1 aliphatic rings. The molecule has 1 unspecified atom stereocenters. The fraction of sp³-hybridized carbons (Fsp3) is 0.241. The van der Waals surface area contributed by atoms with E-state index in [9.17, 15) is 19.8 Å². The largest absolute Gasteiger partial charge is 0.508 e. The molecule has 4 rings (SSSR count). The Bertz CT molecular complexity index is 1420. The van der Waals surface area contributed by atoms with E-state index >= 15 is 0 Å². The minimum absolute atomic E-state index is 0.0526. The number of hydrogen-bond acceptors (Lipinski definition) is 6. The molecule has 1 fully saturated rings. The van der Waals surface area contributed by atoms with Gasteiger partial charge in [-0.25, -0.2) is 0 Å². The quantitative estimate of drug-likeness (QED) is 0.243. The number of aliphatic hydroxyl groups excluding tert-OH is 1. The van der Waals surface area contributed by atoms with E-state index in [-0.39, 0.29) is 33.1 Å². The first-order valence-corrected chi connectivity index (χ1v) is 12.0.